The maximum absolute atomic E-state index is 14.4. The van der Waals surface area contributed by atoms with E-state index in [1.54, 1.807) is 12.1 Å². The van der Waals surface area contributed by atoms with Gasteiger partial charge in [-0.15, -0.1) is 0 Å². The molecule has 0 saturated heterocycles. The van der Waals surface area contributed by atoms with E-state index >= 15 is 0 Å². The van der Waals surface area contributed by atoms with Crippen LogP contribution >= 0.6 is 0 Å². The Labute approximate surface area is 222 Å². The molecule has 0 heterocycles. The van der Waals surface area contributed by atoms with Crippen LogP contribution in [0.4, 0.5) is 4.39 Å². The average Bonchev–Trinajstić information content (AvgIpc) is 2.92. The standard InChI is InChI=1S/C33H41FO3/c1-3-5-7-9-10-11-13-26-14-16-27(17-15-26)28-18-21-30(22-19-28)37-33(35)29-20-23-32(31(34)25-29)36-24-12-8-6-4-2/h14-23,25H,3-13,24H2,1-2H3. The van der Waals surface area contributed by atoms with E-state index in [2.05, 4.69) is 38.1 Å². The van der Waals surface area contributed by atoms with Crippen molar-refractivity contribution in [2.24, 2.45) is 0 Å². The van der Waals surface area contributed by atoms with Crippen LogP contribution in [0, 0.1) is 5.82 Å². The molecule has 0 aliphatic rings. The molecule has 0 spiro atoms. The minimum atomic E-state index is -0.597. The van der Waals surface area contributed by atoms with Gasteiger partial charge in [0, 0.05) is 0 Å². The van der Waals surface area contributed by atoms with E-state index in [1.165, 1.54) is 62.3 Å². The lowest BCUT2D eigenvalue weighted by atomic mass is 10.0. The van der Waals surface area contributed by atoms with Gasteiger partial charge in [0.2, 0.25) is 0 Å². The monoisotopic (exact) mass is 504 g/mol. The summed E-state index contributed by atoms with van der Waals surface area (Å²) in [6.07, 6.45) is 13.2. The highest BCUT2D eigenvalue weighted by Crippen LogP contribution is 2.25. The molecule has 198 valence electrons. The fourth-order valence-corrected chi connectivity index (χ4v) is 4.31. The van der Waals surface area contributed by atoms with Crippen LogP contribution in [0.2, 0.25) is 0 Å². The minimum Gasteiger partial charge on any atom is -0.491 e. The lowest BCUT2D eigenvalue weighted by molar-refractivity contribution is 0.0734. The van der Waals surface area contributed by atoms with E-state index in [1.807, 2.05) is 12.1 Å². The summed E-state index contributed by atoms with van der Waals surface area (Å²) in [4.78, 5) is 12.5. The predicted molar refractivity (Wildman–Crippen MR) is 150 cm³/mol. The van der Waals surface area contributed by atoms with Crippen molar-refractivity contribution in [3.63, 3.8) is 0 Å². The molecular weight excluding hydrogens is 463 g/mol. The van der Waals surface area contributed by atoms with Gasteiger partial charge in [-0.25, -0.2) is 9.18 Å². The van der Waals surface area contributed by atoms with E-state index in [0.29, 0.717) is 12.4 Å². The van der Waals surface area contributed by atoms with Gasteiger partial charge in [0.05, 0.1) is 12.2 Å². The van der Waals surface area contributed by atoms with Gasteiger partial charge in [-0.1, -0.05) is 102 Å². The zero-order valence-electron chi connectivity index (χ0n) is 22.4. The third kappa shape index (κ3) is 9.68. The fraction of sp³-hybridized carbons (Fsp3) is 0.424. The maximum atomic E-state index is 14.4. The van der Waals surface area contributed by atoms with Gasteiger partial charge in [0.1, 0.15) is 5.75 Å². The van der Waals surface area contributed by atoms with Gasteiger partial charge >= 0.3 is 5.97 Å². The summed E-state index contributed by atoms with van der Waals surface area (Å²) in [6.45, 7) is 4.85. The summed E-state index contributed by atoms with van der Waals surface area (Å²) in [5.74, 6) is -0.569. The number of carbonyl (C=O) groups excluding carboxylic acids is 1. The van der Waals surface area contributed by atoms with Crippen molar-refractivity contribution >= 4 is 5.97 Å². The lowest BCUT2D eigenvalue weighted by Crippen LogP contribution is -2.09. The molecule has 3 nitrogen and oxygen atoms in total. The molecule has 3 rings (SSSR count). The van der Waals surface area contributed by atoms with Crippen LogP contribution in [0.5, 0.6) is 11.5 Å². The third-order valence-electron chi connectivity index (χ3n) is 6.59. The highest BCUT2D eigenvalue weighted by Gasteiger charge is 2.13. The highest BCUT2D eigenvalue weighted by atomic mass is 19.1. The molecule has 4 heteroatoms. The van der Waals surface area contributed by atoms with Crippen molar-refractivity contribution in [1.82, 2.24) is 0 Å². The van der Waals surface area contributed by atoms with Gasteiger partial charge in [-0.05, 0) is 66.3 Å². The second-order valence-corrected chi connectivity index (χ2v) is 9.68. The largest absolute Gasteiger partial charge is 0.491 e. The fourth-order valence-electron chi connectivity index (χ4n) is 4.31. The van der Waals surface area contributed by atoms with Gasteiger partial charge in [-0.3, -0.25) is 0 Å². The van der Waals surface area contributed by atoms with Crippen LogP contribution in [0.25, 0.3) is 11.1 Å². The molecular formula is C33H41FO3. The van der Waals surface area contributed by atoms with Gasteiger partial charge in [0.15, 0.2) is 11.6 Å². The zero-order valence-corrected chi connectivity index (χ0v) is 22.4. The Kier molecular flexibility index (Phi) is 12.2. The number of ether oxygens (including phenoxy) is 2. The van der Waals surface area contributed by atoms with E-state index in [4.69, 9.17) is 9.47 Å². The summed E-state index contributed by atoms with van der Waals surface area (Å²) in [5, 5.41) is 0. The summed E-state index contributed by atoms with van der Waals surface area (Å²) < 4.78 is 25.4. The summed E-state index contributed by atoms with van der Waals surface area (Å²) in [6, 6.07) is 20.3. The van der Waals surface area contributed by atoms with Crippen LogP contribution in [-0.4, -0.2) is 12.6 Å². The lowest BCUT2D eigenvalue weighted by Gasteiger charge is -2.09. The Morgan fingerprint density at radius 3 is 1.95 bits per heavy atom. The number of halogens is 1. The summed E-state index contributed by atoms with van der Waals surface area (Å²) in [7, 11) is 0. The molecule has 0 aromatic heterocycles. The first kappa shape index (κ1) is 28.4. The molecule has 0 aliphatic carbocycles. The Morgan fingerprint density at radius 1 is 0.703 bits per heavy atom. The van der Waals surface area contributed by atoms with Crippen LogP contribution in [0.3, 0.4) is 0 Å². The van der Waals surface area contributed by atoms with Gasteiger partial charge in [-0.2, -0.15) is 0 Å². The number of esters is 1. The van der Waals surface area contributed by atoms with Crippen molar-refractivity contribution < 1.29 is 18.7 Å². The van der Waals surface area contributed by atoms with Crippen molar-refractivity contribution in [3.05, 3.63) is 83.7 Å². The number of hydrogen-bond acceptors (Lipinski definition) is 3. The second-order valence-electron chi connectivity index (χ2n) is 9.68. The van der Waals surface area contributed by atoms with E-state index < -0.39 is 11.8 Å². The average molecular weight is 505 g/mol. The SMILES string of the molecule is CCCCCCCCc1ccc(-c2ccc(OC(=O)c3ccc(OCCCCCC)c(F)c3)cc2)cc1. The molecule has 0 bridgehead atoms. The number of aryl methyl sites for hydroxylation is 1. The molecule has 37 heavy (non-hydrogen) atoms. The number of benzene rings is 3. The first-order valence-electron chi connectivity index (χ1n) is 13.9. The molecule has 0 aliphatic heterocycles. The third-order valence-corrected chi connectivity index (χ3v) is 6.59. The van der Waals surface area contributed by atoms with Gasteiger partial charge < -0.3 is 9.47 Å². The molecule has 0 radical (unpaired) electrons. The van der Waals surface area contributed by atoms with Crippen molar-refractivity contribution in [1.29, 1.82) is 0 Å². The van der Waals surface area contributed by atoms with Crippen LogP contribution in [-0.2, 0) is 6.42 Å². The minimum absolute atomic E-state index is 0.154. The number of rotatable bonds is 16. The quantitative estimate of drug-likeness (QED) is 0.111. The number of carbonyl (C=O) groups is 1. The van der Waals surface area contributed by atoms with Crippen molar-refractivity contribution in [2.75, 3.05) is 6.61 Å². The van der Waals surface area contributed by atoms with E-state index in [-0.39, 0.29) is 11.3 Å². The molecule has 0 fully saturated rings. The molecule has 0 unspecified atom stereocenters. The second kappa shape index (κ2) is 15.9. The van der Waals surface area contributed by atoms with E-state index in [9.17, 15) is 9.18 Å². The normalized spacial score (nSPS) is 10.9. The zero-order chi connectivity index (χ0) is 26.3. The van der Waals surface area contributed by atoms with Crippen molar-refractivity contribution in [3.8, 4) is 22.6 Å². The summed E-state index contributed by atoms with van der Waals surface area (Å²) >= 11 is 0. The molecule has 0 N–H and O–H groups in total. The molecule has 0 saturated carbocycles. The Hall–Kier alpha value is -3.14. The highest BCUT2D eigenvalue weighted by molar-refractivity contribution is 5.91. The van der Waals surface area contributed by atoms with Crippen LogP contribution < -0.4 is 9.47 Å². The first-order valence-corrected chi connectivity index (χ1v) is 13.9. The molecule has 0 amide bonds. The molecule has 0 atom stereocenters. The van der Waals surface area contributed by atoms with Crippen molar-refractivity contribution in [2.45, 2.75) is 84.5 Å². The topological polar surface area (TPSA) is 35.5 Å². The van der Waals surface area contributed by atoms with Gasteiger partial charge in [0.25, 0.3) is 0 Å². The smallest absolute Gasteiger partial charge is 0.343 e. The Balaban J connectivity index is 1.48. The number of hydrogen-bond donors (Lipinski definition) is 0. The molecule has 3 aromatic rings. The maximum Gasteiger partial charge on any atom is 0.343 e. The Morgan fingerprint density at radius 2 is 1.30 bits per heavy atom. The predicted octanol–water partition coefficient (Wildman–Crippen LogP) is 9.57. The Bertz CT molecular complexity index is 1070. The van der Waals surface area contributed by atoms with Crippen LogP contribution in [0.1, 0.15) is 94.0 Å². The first-order chi connectivity index (χ1) is 18.1. The molecule has 3 aromatic carbocycles. The summed E-state index contributed by atoms with van der Waals surface area (Å²) in [5.41, 5.74) is 3.69. The number of unbranched alkanes of at least 4 members (excludes halogenated alkanes) is 8. The van der Waals surface area contributed by atoms with E-state index in [0.717, 1.165) is 43.2 Å². The van der Waals surface area contributed by atoms with Crippen LogP contribution in [0.15, 0.2) is 66.7 Å².